The average Bonchev–Trinajstić information content (AvgIpc) is 2.94. The summed E-state index contributed by atoms with van der Waals surface area (Å²) in [6, 6.07) is 11.1. The second kappa shape index (κ2) is 10.6. The van der Waals surface area contributed by atoms with E-state index in [1.165, 1.54) is 18.2 Å². The Bertz CT molecular complexity index is 1610. The summed E-state index contributed by atoms with van der Waals surface area (Å²) in [6.07, 6.45) is -3.12. The number of nitrogens with zero attached hydrogens (tertiary/aromatic N) is 5. The van der Waals surface area contributed by atoms with E-state index >= 15 is 0 Å². The number of fused-ring (bicyclic) bond motifs is 2. The maximum atomic E-state index is 13.4. The third-order valence-corrected chi connectivity index (χ3v) is 6.69. The summed E-state index contributed by atoms with van der Waals surface area (Å²) in [6.45, 7) is 4.35. The van der Waals surface area contributed by atoms with E-state index in [1.807, 2.05) is 36.1 Å². The number of methoxy groups -OCH3 is 1. The molecule has 0 radical (unpaired) electrons. The summed E-state index contributed by atoms with van der Waals surface area (Å²) in [4.78, 5) is 28.6. The van der Waals surface area contributed by atoms with Gasteiger partial charge in [0.15, 0.2) is 18.2 Å². The number of hydrogen-bond acceptors (Lipinski definition) is 7. The van der Waals surface area contributed by atoms with E-state index in [9.17, 15) is 22.4 Å². The summed E-state index contributed by atoms with van der Waals surface area (Å²) in [7, 11) is 1.35. The van der Waals surface area contributed by atoms with Crippen molar-refractivity contribution in [3.63, 3.8) is 0 Å². The Morgan fingerprint density at radius 1 is 1.07 bits per heavy atom. The molecule has 40 heavy (non-hydrogen) atoms. The first-order valence-electron chi connectivity index (χ1n) is 12.4. The number of anilines is 1. The molecule has 12 heteroatoms. The summed E-state index contributed by atoms with van der Waals surface area (Å²) in [5, 5.41) is 2.06. The highest BCUT2D eigenvalue weighted by atomic mass is 19.4. The number of benzene rings is 2. The lowest BCUT2D eigenvalue weighted by atomic mass is 9.97. The summed E-state index contributed by atoms with van der Waals surface area (Å²) in [5.41, 5.74) is 1.80. The SMILES string of the molecule is C=C(F)C(=O)N1CCN(c2nc(OC)nc3c(OCC(F)(F)F)c(-c4cccc5cccc(C)c45)ncc23)CC1. The molecule has 0 spiro atoms. The highest BCUT2D eigenvalue weighted by Gasteiger charge is 2.32. The van der Waals surface area contributed by atoms with Crippen molar-refractivity contribution in [2.24, 2.45) is 0 Å². The van der Waals surface area contributed by atoms with Crippen LogP contribution in [0.3, 0.4) is 0 Å². The molecule has 5 rings (SSSR count). The zero-order valence-corrected chi connectivity index (χ0v) is 21.8. The number of piperazine rings is 1. The number of carbonyl (C=O) groups is 1. The molecule has 0 N–H and O–H groups in total. The van der Waals surface area contributed by atoms with Gasteiger partial charge in [-0.15, -0.1) is 0 Å². The fraction of sp³-hybridized carbons (Fsp3) is 0.286. The Labute approximate surface area is 226 Å². The Kier molecular flexibility index (Phi) is 7.17. The predicted molar refractivity (Wildman–Crippen MR) is 142 cm³/mol. The number of aryl methyl sites for hydroxylation is 1. The molecule has 1 fully saturated rings. The van der Waals surface area contributed by atoms with Crippen molar-refractivity contribution >= 4 is 33.4 Å². The van der Waals surface area contributed by atoms with Gasteiger partial charge in [0.25, 0.3) is 5.91 Å². The molecule has 0 unspecified atom stereocenters. The van der Waals surface area contributed by atoms with Crippen LogP contribution in [0, 0.1) is 6.92 Å². The number of ether oxygens (including phenoxy) is 2. The number of pyridine rings is 1. The summed E-state index contributed by atoms with van der Waals surface area (Å²) >= 11 is 0. The smallest absolute Gasteiger partial charge is 0.422 e. The minimum atomic E-state index is -4.61. The van der Waals surface area contributed by atoms with E-state index in [-0.39, 0.29) is 49.1 Å². The van der Waals surface area contributed by atoms with Gasteiger partial charge in [0.2, 0.25) is 0 Å². The van der Waals surface area contributed by atoms with Crippen LogP contribution in [-0.4, -0.2) is 71.8 Å². The summed E-state index contributed by atoms with van der Waals surface area (Å²) in [5.74, 6) is -1.65. The van der Waals surface area contributed by atoms with Crippen molar-refractivity contribution in [2.45, 2.75) is 13.1 Å². The molecule has 8 nitrogen and oxygen atoms in total. The second-order valence-corrected chi connectivity index (χ2v) is 9.30. The number of carbonyl (C=O) groups excluding carboxylic acids is 1. The molecule has 1 amide bonds. The van der Waals surface area contributed by atoms with Gasteiger partial charge in [0, 0.05) is 37.9 Å². The first-order valence-corrected chi connectivity index (χ1v) is 12.4. The Balaban J connectivity index is 1.68. The maximum Gasteiger partial charge on any atom is 0.422 e. The molecule has 1 aliphatic rings. The molecule has 2 aromatic carbocycles. The van der Waals surface area contributed by atoms with E-state index in [1.54, 1.807) is 12.1 Å². The van der Waals surface area contributed by atoms with Crippen molar-refractivity contribution in [3.05, 3.63) is 60.6 Å². The normalized spacial score (nSPS) is 14.1. The Morgan fingerprint density at radius 3 is 2.42 bits per heavy atom. The Hall–Kier alpha value is -4.48. The van der Waals surface area contributed by atoms with Crippen molar-refractivity contribution in [1.82, 2.24) is 19.9 Å². The minimum Gasteiger partial charge on any atom is -0.480 e. The predicted octanol–water partition coefficient (Wildman–Crippen LogP) is 5.23. The van der Waals surface area contributed by atoms with E-state index in [4.69, 9.17) is 9.47 Å². The van der Waals surface area contributed by atoms with Gasteiger partial charge < -0.3 is 19.3 Å². The van der Waals surface area contributed by atoms with Crippen LogP contribution in [-0.2, 0) is 4.79 Å². The minimum absolute atomic E-state index is 0.0822. The topological polar surface area (TPSA) is 80.7 Å². The summed E-state index contributed by atoms with van der Waals surface area (Å²) < 4.78 is 64.3. The van der Waals surface area contributed by atoms with Crippen molar-refractivity contribution in [2.75, 3.05) is 44.8 Å². The van der Waals surface area contributed by atoms with Crippen molar-refractivity contribution in [1.29, 1.82) is 0 Å². The molecule has 208 valence electrons. The van der Waals surface area contributed by atoms with Crippen molar-refractivity contribution in [3.8, 4) is 23.0 Å². The zero-order valence-electron chi connectivity index (χ0n) is 21.8. The largest absolute Gasteiger partial charge is 0.480 e. The van der Waals surface area contributed by atoms with Gasteiger partial charge >= 0.3 is 12.2 Å². The molecule has 0 atom stereocenters. The second-order valence-electron chi connectivity index (χ2n) is 9.30. The molecule has 0 saturated carbocycles. The molecular formula is C28H25F4N5O3. The molecule has 3 heterocycles. The van der Waals surface area contributed by atoms with Gasteiger partial charge in [-0.1, -0.05) is 43.0 Å². The van der Waals surface area contributed by atoms with Crippen LogP contribution in [0.4, 0.5) is 23.4 Å². The number of rotatable bonds is 6. The molecule has 1 saturated heterocycles. The zero-order chi connectivity index (χ0) is 28.6. The van der Waals surface area contributed by atoms with Crippen LogP contribution in [0.25, 0.3) is 32.9 Å². The molecular weight excluding hydrogens is 530 g/mol. The molecule has 0 aliphatic carbocycles. The van der Waals surface area contributed by atoms with Gasteiger partial charge in [-0.3, -0.25) is 9.78 Å². The maximum absolute atomic E-state index is 13.4. The van der Waals surface area contributed by atoms with Crippen LogP contribution in [0.5, 0.6) is 11.8 Å². The average molecular weight is 556 g/mol. The lowest BCUT2D eigenvalue weighted by molar-refractivity contribution is -0.153. The number of amides is 1. The molecule has 1 aliphatic heterocycles. The number of halogens is 4. The van der Waals surface area contributed by atoms with Crippen LogP contribution in [0.15, 0.2) is 55.0 Å². The number of alkyl halides is 3. The fourth-order valence-electron chi connectivity index (χ4n) is 4.86. The van der Waals surface area contributed by atoms with Gasteiger partial charge in [0.05, 0.1) is 12.5 Å². The van der Waals surface area contributed by atoms with Crippen LogP contribution >= 0.6 is 0 Å². The first-order chi connectivity index (χ1) is 19.1. The van der Waals surface area contributed by atoms with Gasteiger partial charge in [-0.05, 0) is 23.3 Å². The number of aromatic nitrogens is 3. The Morgan fingerprint density at radius 2 is 1.77 bits per heavy atom. The molecule has 0 bridgehead atoms. The van der Waals surface area contributed by atoms with Gasteiger partial charge in [-0.2, -0.15) is 23.1 Å². The van der Waals surface area contributed by atoms with Crippen LogP contribution < -0.4 is 14.4 Å². The lowest BCUT2D eigenvalue weighted by Gasteiger charge is -2.35. The fourth-order valence-corrected chi connectivity index (χ4v) is 4.86. The van der Waals surface area contributed by atoms with E-state index in [2.05, 4.69) is 21.5 Å². The van der Waals surface area contributed by atoms with E-state index < -0.39 is 24.5 Å². The van der Waals surface area contributed by atoms with E-state index in [0.29, 0.717) is 16.8 Å². The van der Waals surface area contributed by atoms with Crippen molar-refractivity contribution < 1.29 is 31.8 Å². The first kappa shape index (κ1) is 27.1. The van der Waals surface area contributed by atoms with Gasteiger partial charge in [0.1, 0.15) is 17.0 Å². The van der Waals surface area contributed by atoms with E-state index in [0.717, 1.165) is 16.3 Å². The van der Waals surface area contributed by atoms with Crippen LogP contribution in [0.2, 0.25) is 0 Å². The highest BCUT2D eigenvalue weighted by molar-refractivity contribution is 6.03. The third kappa shape index (κ3) is 5.21. The third-order valence-electron chi connectivity index (χ3n) is 6.69. The standard InChI is InChI=1S/C28H25F4N5O3/c1-16-6-4-7-18-8-5-9-19(21(16)18)22-24(40-15-28(30,31)32)23-20(14-33-22)25(35-27(34-23)39-3)36-10-12-37(13-11-36)26(38)17(2)29/h4-9,14H,2,10-13,15H2,1,3H3. The number of hydrogen-bond donors (Lipinski definition) is 0. The van der Waals surface area contributed by atoms with Gasteiger partial charge in [-0.25, -0.2) is 4.39 Å². The van der Waals surface area contributed by atoms with Crippen LogP contribution in [0.1, 0.15) is 5.56 Å². The molecule has 4 aromatic rings. The lowest BCUT2D eigenvalue weighted by Crippen LogP contribution is -2.49. The monoisotopic (exact) mass is 555 g/mol. The highest BCUT2D eigenvalue weighted by Crippen LogP contribution is 2.41. The quantitative estimate of drug-likeness (QED) is 0.238. The molecule has 2 aromatic heterocycles.